The predicted octanol–water partition coefficient (Wildman–Crippen LogP) is 1.91. The number of halogens is 1. The van der Waals surface area contributed by atoms with E-state index in [1.165, 1.54) is 22.7 Å². The Labute approximate surface area is 113 Å². The maximum Gasteiger partial charge on any atom is 0.180 e. The largest absolute Gasteiger partial charge is 0.375 e. The van der Waals surface area contributed by atoms with Crippen molar-refractivity contribution in [2.24, 2.45) is 0 Å². The van der Waals surface area contributed by atoms with Crippen LogP contribution in [0, 0.1) is 0 Å². The molecule has 0 unspecified atom stereocenters. The van der Waals surface area contributed by atoms with Gasteiger partial charge in [-0.1, -0.05) is 0 Å². The first-order valence-corrected chi connectivity index (χ1v) is 7.05. The fraction of sp³-hybridized carbons (Fsp3) is 0.333. The van der Waals surface area contributed by atoms with Gasteiger partial charge in [0.05, 0.1) is 17.3 Å². The summed E-state index contributed by atoms with van der Waals surface area (Å²) in [5.41, 5.74) is 12.6. The third-order valence-corrected chi connectivity index (χ3v) is 3.35. The highest BCUT2D eigenvalue weighted by atomic mass is 35.5. The van der Waals surface area contributed by atoms with Gasteiger partial charge < -0.3 is 16.8 Å². The topological polar surface area (TPSA) is 89.8 Å². The van der Waals surface area contributed by atoms with Crippen molar-refractivity contribution in [3.8, 4) is 0 Å². The number of aromatic nitrogens is 2. The summed E-state index contributed by atoms with van der Waals surface area (Å²) < 4.78 is 0. The molecule has 0 bridgehead atoms. The summed E-state index contributed by atoms with van der Waals surface area (Å²) in [4.78, 5) is 7.93. The molecule has 94 valence electrons. The molecular formula is C9H14ClN5S2. The number of nitrogens with zero attached hydrogens (tertiary/aromatic N) is 2. The van der Waals surface area contributed by atoms with Crippen LogP contribution in [0.1, 0.15) is 11.4 Å². The summed E-state index contributed by atoms with van der Waals surface area (Å²) in [6, 6.07) is 0. The molecule has 2 aromatic heterocycles. The van der Waals surface area contributed by atoms with Crippen LogP contribution in [0.25, 0.3) is 0 Å². The molecule has 0 aliphatic rings. The van der Waals surface area contributed by atoms with E-state index in [0.717, 1.165) is 17.9 Å². The van der Waals surface area contributed by atoms with Crippen molar-refractivity contribution in [1.29, 1.82) is 0 Å². The Bertz CT molecular complexity index is 442. The second kappa shape index (κ2) is 7.44. The lowest BCUT2D eigenvalue weighted by Gasteiger charge is -1.89. The maximum absolute atomic E-state index is 5.43. The molecule has 5 nitrogen and oxygen atoms in total. The van der Waals surface area contributed by atoms with Crippen molar-refractivity contribution in [2.75, 3.05) is 18.5 Å². The highest BCUT2D eigenvalue weighted by Gasteiger charge is 1.94. The number of nitrogen functional groups attached to an aromatic ring is 2. The third kappa shape index (κ3) is 5.31. The van der Waals surface area contributed by atoms with E-state index < -0.39 is 0 Å². The molecule has 5 N–H and O–H groups in total. The van der Waals surface area contributed by atoms with Crippen LogP contribution < -0.4 is 16.8 Å². The van der Waals surface area contributed by atoms with Crippen molar-refractivity contribution < 1.29 is 0 Å². The fourth-order valence-electron chi connectivity index (χ4n) is 0.969. The van der Waals surface area contributed by atoms with Gasteiger partial charge in [-0.15, -0.1) is 34.3 Å². The average molecular weight is 292 g/mol. The highest BCUT2D eigenvalue weighted by molar-refractivity contribution is 7.13. The minimum absolute atomic E-state index is 0.452. The Kier molecular flexibility index (Phi) is 6.20. The summed E-state index contributed by atoms with van der Waals surface area (Å²) in [5, 5.41) is 8.01. The summed E-state index contributed by atoms with van der Waals surface area (Å²) in [6.07, 6.45) is 0. The zero-order valence-corrected chi connectivity index (χ0v) is 11.7. The lowest BCUT2D eigenvalue weighted by atomic mass is 10.5. The molecule has 2 rings (SSSR count). The number of rotatable bonds is 3. The number of thiazole rings is 2. The standard InChI is InChI=1S/C5H9N3S.C4H5ClN2S/c1-7-2-4-3-9-5(6)8-4;5-1-3-2-8-4(6)7-3/h3,7H,2H2,1H3,(H2,6,8);2H,1H2,(H2,6,7). The molecule has 0 radical (unpaired) electrons. The van der Waals surface area contributed by atoms with E-state index in [1.807, 2.05) is 17.8 Å². The zero-order chi connectivity index (χ0) is 12.7. The van der Waals surface area contributed by atoms with Gasteiger partial charge in [-0.2, -0.15) is 0 Å². The molecule has 0 saturated carbocycles. The quantitative estimate of drug-likeness (QED) is 0.752. The van der Waals surface area contributed by atoms with Gasteiger partial charge in [0.15, 0.2) is 10.3 Å². The van der Waals surface area contributed by atoms with Crippen molar-refractivity contribution in [3.63, 3.8) is 0 Å². The van der Waals surface area contributed by atoms with Crippen LogP contribution in [-0.4, -0.2) is 17.0 Å². The molecule has 0 spiro atoms. The molecule has 2 aromatic rings. The van der Waals surface area contributed by atoms with Gasteiger partial charge in [-0.3, -0.25) is 0 Å². The lowest BCUT2D eigenvalue weighted by Crippen LogP contribution is -2.05. The number of hydrogen-bond acceptors (Lipinski definition) is 7. The number of nitrogens with one attached hydrogen (secondary N) is 1. The van der Waals surface area contributed by atoms with Crippen molar-refractivity contribution in [1.82, 2.24) is 15.3 Å². The van der Waals surface area contributed by atoms with E-state index in [0.29, 0.717) is 16.1 Å². The smallest absolute Gasteiger partial charge is 0.180 e. The average Bonchev–Trinajstić information content (AvgIpc) is 2.89. The first kappa shape index (κ1) is 14.2. The Balaban J connectivity index is 0.000000171. The van der Waals surface area contributed by atoms with E-state index in [-0.39, 0.29) is 0 Å². The molecule has 0 saturated heterocycles. The molecular weight excluding hydrogens is 278 g/mol. The normalized spacial score (nSPS) is 9.76. The van der Waals surface area contributed by atoms with Crippen LogP contribution in [0.2, 0.25) is 0 Å². The number of anilines is 2. The second-order valence-corrected chi connectivity index (χ2v) is 5.06. The Morgan fingerprint density at radius 1 is 1.18 bits per heavy atom. The molecule has 0 aliphatic heterocycles. The van der Waals surface area contributed by atoms with Crippen LogP contribution in [0.15, 0.2) is 10.8 Å². The Morgan fingerprint density at radius 3 is 2.00 bits per heavy atom. The molecule has 0 fully saturated rings. The van der Waals surface area contributed by atoms with Crippen LogP contribution in [-0.2, 0) is 12.4 Å². The summed E-state index contributed by atoms with van der Waals surface area (Å²) in [6.45, 7) is 0.799. The monoisotopic (exact) mass is 291 g/mol. The molecule has 2 heterocycles. The molecule has 0 aliphatic carbocycles. The first-order chi connectivity index (χ1) is 8.15. The van der Waals surface area contributed by atoms with Gasteiger partial charge >= 0.3 is 0 Å². The van der Waals surface area contributed by atoms with Crippen molar-refractivity contribution in [3.05, 3.63) is 22.1 Å². The molecule has 17 heavy (non-hydrogen) atoms. The SMILES string of the molecule is CNCc1csc(N)n1.Nc1nc(CCl)cs1. The number of alkyl halides is 1. The van der Waals surface area contributed by atoms with Gasteiger partial charge in [-0.05, 0) is 7.05 Å². The zero-order valence-electron chi connectivity index (χ0n) is 9.31. The van der Waals surface area contributed by atoms with Crippen LogP contribution in [0.4, 0.5) is 10.3 Å². The van der Waals surface area contributed by atoms with E-state index in [9.17, 15) is 0 Å². The summed E-state index contributed by atoms with van der Waals surface area (Å²) in [5.74, 6) is 0.452. The second-order valence-electron chi connectivity index (χ2n) is 3.02. The van der Waals surface area contributed by atoms with Gasteiger partial charge in [-0.25, -0.2) is 9.97 Å². The first-order valence-electron chi connectivity index (χ1n) is 4.76. The van der Waals surface area contributed by atoms with Gasteiger partial charge in [0, 0.05) is 17.3 Å². The van der Waals surface area contributed by atoms with E-state index in [4.69, 9.17) is 23.1 Å². The minimum atomic E-state index is 0.452. The lowest BCUT2D eigenvalue weighted by molar-refractivity contribution is 0.798. The Hall–Kier alpha value is -0.890. The summed E-state index contributed by atoms with van der Waals surface area (Å²) in [7, 11) is 1.88. The van der Waals surface area contributed by atoms with Gasteiger partial charge in [0.1, 0.15) is 0 Å². The Morgan fingerprint density at radius 2 is 1.71 bits per heavy atom. The number of hydrogen-bond donors (Lipinski definition) is 3. The van der Waals surface area contributed by atoms with Gasteiger partial charge in [0.2, 0.25) is 0 Å². The third-order valence-electron chi connectivity index (χ3n) is 1.63. The van der Waals surface area contributed by atoms with Crippen LogP contribution >= 0.6 is 34.3 Å². The molecule has 0 atom stereocenters. The van der Waals surface area contributed by atoms with Crippen LogP contribution in [0.3, 0.4) is 0 Å². The number of nitrogens with two attached hydrogens (primary N) is 2. The molecule has 0 aromatic carbocycles. The van der Waals surface area contributed by atoms with E-state index in [1.54, 1.807) is 0 Å². The molecule has 8 heteroatoms. The fourth-order valence-corrected chi connectivity index (χ4v) is 2.32. The van der Waals surface area contributed by atoms with E-state index in [2.05, 4.69) is 15.3 Å². The van der Waals surface area contributed by atoms with Crippen molar-refractivity contribution >= 4 is 44.5 Å². The predicted molar refractivity (Wildman–Crippen MR) is 75.4 cm³/mol. The van der Waals surface area contributed by atoms with Gasteiger partial charge in [0.25, 0.3) is 0 Å². The van der Waals surface area contributed by atoms with Crippen molar-refractivity contribution in [2.45, 2.75) is 12.4 Å². The minimum Gasteiger partial charge on any atom is -0.375 e. The summed E-state index contributed by atoms with van der Waals surface area (Å²) >= 11 is 8.31. The van der Waals surface area contributed by atoms with Crippen LogP contribution in [0.5, 0.6) is 0 Å². The molecule has 0 amide bonds. The van der Waals surface area contributed by atoms with E-state index >= 15 is 0 Å². The maximum atomic E-state index is 5.43. The highest BCUT2D eigenvalue weighted by Crippen LogP contribution is 2.12.